The minimum atomic E-state index is -1.36. The van der Waals surface area contributed by atoms with Crippen molar-refractivity contribution in [1.82, 2.24) is 0 Å². The summed E-state index contributed by atoms with van der Waals surface area (Å²) in [6.07, 6.45) is 3.64. The number of rotatable bonds is 6. The summed E-state index contributed by atoms with van der Waals surface area (Å²) < 4.78 is 0. The van der Waals surface area contributed by atoms with Gasteiger partial charge in [-0.25, -0.2) is 0 Å². The van der Waals surface area contributed by atoms with Crippen molar-refractivity contribution in [3.63, 3.8) is 0 Å². The van der Waals surface area contributed by atoms with E-state index in [0.29, 0.717) is 0 Å². The zero-order valence-electron chi connectivity index (χ0n) is 7.50. The van der Waals surface area contributed by atoms with Crippen LogP contribution in [0.5, 0.6) is 0 Å². The third-order valence-corrected chi connectivity index (χ3v) is 6.08. The molecule has 0 aliphatic carbocycles. The number of alkyl halides is 1. The molecule has 0 N–H and O–H groups in total. The highest BCUT2D eigenvalue weighted by Crippen LogP contribution is 2.24. The van der Waals surface area contributed by atoms with Crippen LogP contribution in [0, 0.1) is 0 Å². The van der Waals surface area contributed by atoms with Gasteiger partial charge in [0.2, 0.25) is 0 Å². The maximum atomic E-state index is 6.37. The summed E-state index contributed by atoms with van der Waals surface area (Å²) >= 11 is 12.0. The number of hydrogen-bond acceptors (Lipinski definition) is 0. The molecular formula is C8H18Cl2Si. The fourth-order valence-electron chi connectivity index (χ4n) is 1.11. The smallest absolute Gasteiger partial charge is 0.153 e. The molecule has 1 unspecified atom stereocenters. The predicted molar refractivity (Wildman–Crippen MR) is 57.3 cm³/mol. The van der Waals surface area contributed by atoms with Crippen molar-refractivity contribution in [3.05, 3.63) is 0 Å². The summed E-state index contributed by atoms with van der Waals surface area (Å²) in [4.78, 5) is 0. The maximum absolute atomic E-state index is 6.37. The Morgan fingerprint density at radius 1 is 1.18 bits per heavy atom. The highest BCUT2D eigenvalue weighted by molar-refractivity contribution is 7.19. The number of unbranched alkanes of at least 4 members (excludes halogenated alkanes) is 1. The minimum Gasteiger partial charge on any atom is -0.167 e. The maximum Gasteiger partial charge on any atom is 0.153 e. The molecule has 3 heteroatoms. The standard InChI is InChI=1S/C8H18Cl2Si/c1-3-4-7-11(2,10)8-5-6-9/h3-8H2,1-2H3. The quantitative estimate of drug-likeness (QED) is 0.352. The summed E-state index contributed by atoms with van der Waals surface area (Å²) in [5, 5.41) is 0. The van der Waals surface area contributed by atoms with Crippen molar-refractivity contribution in [2.75, 3.05) is 5.88 Å². The van der Waals surface area contributed by atoms with Crippen LogP contribution in [0.15, 0.2) is 0 Å². The molecule has 0 bridgehead atoms. The van der Waals surface area contributed by atoms with E-state index in [1.807, 2.05) is 0 Å². The second-order valence-corrected chi connectivity index (χ2v) is 10.3. The van der Waals surface area contributed by atoms with E-state index in [0.717, 1.165) is 12.3 Å². The Hall–Kier alpha value is 0.797. The first kappa shape index (κ1) is 11.8. The Morgan fingerprint density at radius 3 is 2.18 bits per heavy atom. The average Bonchev–Trinajstić information content (AvgIpc) is 1.97. The van der Waals surface area contributed by atoms with E-state index < -0.39 is 7.38 Å². The Morgan fingerprint density at radius 2 is 1.73 bits per heavy atom. The highest BCUT2D eigenvalue weighted by atomic mass is 35.6. The molecule has 0 aliphatic rings. The van der Waals surface area contributed by atoms with Gasteiger partial charge in [-0.05, 0) is 18.5 Å². The fraction of sp³-hybridized carbons (Fsp3) is 1.00. The fourth-order valence-corrected chi connectivity index (χ4v) is 4.52. The molecule has 0 fully saturated rings. The molecule has 0 aromatic heterocycles. The first-order chi connectivity index (χ1) is 5.12. The molecule has 0 aromatic rings. The van der Waals surface area contributed by atoms with Crippen molar-refractivity contribution in [2.45, 2.75) is 44.8 Å². The van der Waals surface area contributed by atoms with Gasteiger partial charge in [0.1, 0.15) is 0 Å². The number of hydrogen-bond donors (Lipinski definition) is 0. The van der Waals surface area contributed by atoms with E-state index in [2.05, 4.69) is 13.5 Å². The molecule has 0 saturated carbocycles. The van der Waals surface area contributed by atoms with E-state index in [1.165, 1.54) is 24.9 Å². The summed E-state index contributed by atoms with van der Waals surface area (Å²) in [6, 6.07) is 2.43. The van der Waals surface area contributed by atoms with Crippen LogP contribution < -0.4 is 0 Å². The molecule has 0 rings (SSSR count). The van der Waals surface area contributed by atoms with Crippen molar-refractivity contribution in [2.24, 2.45) is 0 Å². The van der Waals surface area contributed by atoms with E-state index in [1.54, 1.807) is 0 Å². The van der Waals surface area contributed by atoms with Gasteiger partial charge in [-0.15, -0.1) is 11.6 Å². The van der Waals surface area contributed by atoms with Crippen LogP contribution in [0.25, 0.3) is 0 Å². The molecule has 0 aromatic carbocycles. The second-order valence-electron chi connectivity index (χ2n) is 3.31. The van der Waals surface area contributed by atoms with Crippen LogP contribution in [0.4, 0.5) is 0 Å². The molecule has 0 radical (unpaired) electrons. The third kappa shape index (κ3) is 7.17. The van der Waals surface area contributed by atoms with Crippen molar-refractivity contribution in [1.29, 1.82) is 0 Å². The van der Waals surface area contributed by atoms with Gasteiger partial charge in [-0.3, -0.25) is 0 Å². The van der Waals surface area contributed by atoms with Crippen LogP contribution >= 0.6 is 22.7 Å². The summed E-state index contributed by atoms with van der Waals surface area (Å²) in [6.45, 7) is 4.46. The van der Waals surface area contributed by atoms with E-state index in [9.17, 15) is 0 Å². The lowest BCUT2D eigenvalue weighted by atomic mass is 10.4. The Labute approximate surface area is 81.0 Å². The monoisotopic (exact) mass is 212 g/mol. The van der Waals surface area contributed by atoms with Crippen molar-refractivity contribution < 1.29 is 0 Å². The van der Waals surface area contributed by atoms with Crippen molar-refractivity contribution in [3.8, 4) is 0 Å². The molecular weight excluding hydrogens is 195 g/mol. The lowest BCUT2D eigenvalue weighted by molar-refractivity contribution is 0.864. The van der Waals surface area contributed by atoms with Gasteiger partial charge in [0.15, 0.2) is 7.38 Å². The summed E-state index contributed by atoms with van der Waals surface area (Å²) in [5.41, 5.74) is 0. The largest absolute Gasteiger partial charge is 0.167 e. The predicted octanol–water partition coefficient (Wildman–Crippen LogP) is 4.23. The Kier molecular flexibility index (Phi) is 6.79. The lowest BCUT2D eigenvalue weighted by Gasteiger charge is -2.17. The molecule has 0 aliphatic heterocycles. The molecule has 0 saturated heterocycles. The Balaban J connectivity index is 3.43. The molecule has 0 nitrogen and oxygen atoms in total. The normalized spacial score (nSPS) is 16.4. The topological polar surface area (TPSA) is 0 Å². The minimum absolute atomic E-state index is 0.765. The second kappa shape index (κ2) is 6.33. The van der Waals surface area contributed by atoms with Gasteiger partial charge in [0.25, 0.3) is 0 Å². The van der Waals surface area contributed by atoms with E-state index in [4.69, 9.17) is 22.7 Å². The van der Waals surface area contributed by atoms with Crippen LogP contribution in [-0.2, 0) is 0 Å². The molecule has 68 valence electrons. The molecule has 0 heterocycles. The number of halogens is 2. The van der Waals surface area contributed by atoms with Gasteiger partial charge < -0.3 is 0 Å². The summed E-state index contributed by atoms with van der Waals surface area (Å²) in [7, 11) is -1.36. The van der Waals surface area contributed by atoms with E-state index >= 15 is 0 Å². The van der Waals surface area contributed by atoms with Crippen molar-refractivity contribution >= 4 is 30.1 Å². The molecule has 0 amide bonds. The van der Waals surface area contributed by atoms with Gasteiger partial charge >= 0.3 is 0 Å². The van der Waals surface area contributed by atoms with Gasteiger partial charge in [0.05, 0.1) is 0 Å². The first-order valence-electron chi connectivity index (χ1n) is 4.37. The zero-order valence-corrected chi connectivity index (χ0v) is 10.0. The third-order valence-electron chi connectivity index (χ3n) is 1.88. The van der Waals surface area contributed by atoms with Gasteiger partial charge in [0, 0.05) is 5.88 Å². The molecule has 0 spiro atoms. The van der Waals surface area contributed by atoms with Crippen LogP contribution in [0.3, 0.4) is 0 Å². The average molecular weight is 213 g/mol. The van der Waals surface area contributed by atoms with Crippen LogP contribution in [0.2, 0.25) is 18.6 Å². The molecule has 1 atom stereocenters. The Bertz CT molecular complexity index is 84.1. The highest BCUT2D eigenvalue weighted by Gasteiger charge is 2.22. The zero-order chi connectivity index (χ0) is 8.74. The molecule has 11 heavy (non-hydrogen) atoms. The lowest BCUT2D eigenvalue weighted by Crippen LogP contribution is -2.21. The first-order valence-corrected chi connectivity index (χ1v) is 8.83. The summed E-state index contributed by atoms with van der Waals surface area (Å²) in [5.74, 6) is 0.765. The van der Waals surface area contributed by atoms with E-state index in [-0.39, 0.29) is 0 Å². The van der Waals surface area contributed by atoms with Gasteiger partial charge in [-0.1, -0.05) is 26.3 Å². The van der Waals surface area contributed by atoms with Gasteiger partial charge in [-0.2, -0.15) is 11.1 Å². The SMILES string of the molecule is CCCC[Si](C)(Cl)CCCCl. The van der Waals surface area contributed by atoms with Crippen LogP contribution in [-0.4, -0.2) is 13.3 Å². The van der Waals surface area contributed by atoms with Crippen LogP contribution in [0.1, 0.15) is 26.2 Å².